The van der Waals surface area contributed by atoms with Gasteiger partial charge >= 0.3 is 6.18 Å². The largest absolute Gasteiger partial charge is 0.423 e. The summed E-state index contributed by atoms with van der Waals surface area (Å²) in [6, 6.07) is 7.07. The van der Waals surface area contributed by atoms with Crippen molar-refractivity contribution in [3.63, 3.8) is 0 Å². The lowest BCUT2D eigenvalue weighted by atomic mass is 10.1. The van der Waals surface area contributed by atoms with Crippen molar-refractivity contribution in [3.05, 3.63) is 42.0 Å². The van der Waals surface area contributed by atoms with Crippen molar-refractivity contribution < 1.29 is 31.2 Å². The third-order valence-corrected chi connectivity index (χ3v) is 5.90. The number of hydrogen-bond acceptors (Lipinski definition) is 6. The Labute approximate surface area is 147 Å². The molecule has 0 radical (unpaired) electrons. The second-order valence-corrected chi connectivity index (χ2v) is 8.36. The minimum Gasteiger partial charge on any atom is -0.376 e. The highest BCUT2D eigenvalue weighted by Crippen LogP contribution is 2.58. The predicted molar refractivity (Wildman–Crippen MR) is 82.4 cm³/mol. The molecule has 2 N–H and O–H groups in total. The van der Waals surface area contributed by atoms with Crippen molar-refractivity contribution in [1.29, 1.82) is 0 Å². The quantitative estimate of drug-likeness (QED) is 0.809. The SMILES string of the molecule is CC1(C)[C@H](c2noc([C@H](O)C(F)(F)F)n2)[C@@H]1NS(=O)(=O)c1ccccc1. The van der Waals surface area contributed by atoms with Gasteiger partial charge in [0.05, 0.1) is 4.90 Å². The normalized spacial score (nSPS) is 23.6. The first kappa shape index (κ1) is 18.8. The highest BCUT2D eigenvalue weighted by Gasteiger charge is 2.62. The summed E-state index contributed by atoms with van der Waals surface area (Å²) >= 11 is 0. The molecule has 0 saturated heterocycles. The molecule has 1 aromatic carbocycles. The van der Waals surface area contributed by atoms with E-state index in [4.69, 9.17) is 0 Å². The molecular weight excluding hydrogens is 375 g/mol. The number of aromatic nitrogens is 2. The zero-order valence-electron chi connectivity index (χ0n) is 13.7. The second kappa shape index (κ2) is 6.03. The molecule has 1 fully saturated rings. The van der Waals surface area contributed by atoms with E-state index < -0.39 is 45.6 Å². The average Bonchev–Trinajstić information content (AvgIpc) is 2.89. The van der Waals surface area contributed by atoms with Crippen molar-refractivity contribution in [2.24, 2.45) is 5.41 Å². The van der Waals surface area contributed by atoms with Crippen molar-refractivity contribution in [1.82, 2.24) is 14.9 Å². The van der Waals surface area contributed by atoms with Gasteiger partial charge in [-0.05, 0) is 17.5 Å². The molecule has 1 aliphatic carbocycles. The van der Waals surface area contributed by atoms with Crippen molar-refractivity contribution in [2.45, 2.75) is 43.0 Å². The van der Waals surface area contributed by atoms with Crippen LogP contribution >= 0.6 is 0 Å². The van der Waals surface area contributed by atoms with Crippen LogP contribution in [0.2, 0.25) is 0 Å². The van der Waals surface area contributed by atoms with Crippen LogP contribution in [0.1, 0.15) is 37.6 Å². The highest BCUT2D eigenvalue weighted by molar-refractivity contribution is 7.89. The molecule has 26 heavy (non-hydrogen) atoms. The van der Waals surface area contributed by atoms with Gasteiger partial charge in [0.2, 0.25) is 16.1 Å². The van der Waals surface area contributed by atoms with Crippen LogP contribution in [0.15, 0.2) is 39.8 Å². The van der Waals surface area contributed by atoms with Crippen LogP contribution < -0.4 is 4.72 Å². The zero-order chi connectivity index (χ0) is 19.3. The minimum absolute atomic E-state index is 0.0720. The number of nitrogens with one attached hydrogen (secondary N) is 1. The van der Waals surface area contributed by atoms with Gasteiger partial charge in [-0.15, -0.1) is 0 Å². The standard InChI is InChI=1S/C15H16F3N3O4S/c1-14(2)9(12-19-13(25-20-12)11(22)15(16,17)18)10(14)21-26(23,24)8-6-4-3-5-7-8/h3-7,9-11,21-22H,1-2H3/t9-,10-,11-/m0/s1. The van der Waals surface area contributed by atoms with E-state index in [1.54, 1.807) is 32.0 Å². The van der Waals surface area contributed by atoms with Gasteiger partial charge in [0.25, 0.3) is 5.89 Å². The third-order valence-electron chi connectivity index (χ3n) is 4.44. The lowest BCUT2D eigenvalue weighted by molar-refractivity contribution is -0.213. The number of halogens is 3. The molecular formula is C15H16F3N3O4S. The van der Waals surface area contributed by atoms with Gasteiger partial charge in [0.1, 0.15) is 0 Å². The Morgan fingerprint density at radius 2 is 1.88 bits per heavy atom. The second-order valence-electron chi connectivity index (χ2n) is 6.65. The molecule has 7 nitrogen and oxygen atoms in total. The van der Waals surface area contributed by atoms with E-state index in [1.165, 1.54) is 12.1 Å². The number of aliphatic hydroxyl groups is 1. The lowest BCUT2D eigenvalue weighted by Gasteiger charge is -2.08. The van der Waals surface area contributed by atoms with E-state index in [1.807, 2.05) is 0 Å². The summed E-state index contributed by atoms with van der Waals surface area (Å²) in [6.45, 7) is 3.46. The summed E-state index contributed by atoms with van der Waals surface area (Å²) < 4.78 is 69.5. The van der Waals surface area contributed by atoms with Crippen LogP contribution in [0, 0.1) is 5.41 Å². The fraction of sp³-hybridized carbons (Fsp3) is 0.467. The molecule has 142 valence electrons. The summed E-state index contributed by atoms with van der Waals surface area (Å²) in [5.74, 6) is -1.65. The van der Waals surface area contributed by atoms with E-state index in [0.717, 1.165) is 0 Å². The average molecular weight is 391 g/mol. The Morgan fingerprint density at radius 3 is 2.46 bits per heavy atom. The van der Waals surface area contributed by atoms with Crippen LogP contribution in [-0.4, -0.2) is 35.9 Å². The van der Waals surface area contributed by atoms with Crippen LogP contribution in [0.25, 0.3) is 0 Å². The Bertz CT molecular complexity index is 896. The number of aliphatic hydroxyl groups excluding tert-OH is 1. The van der Waals surface area contributed by atoms with Gasteiger partial charge in [-0.25, -0.2) is 13.1 Å². The molecule has 2 aromatic rings. The molecule has 1 heterocycles. The Balaban J connectivity index is 1.80. The first-order valence-electron chi connectivity index (χ1n) is 7.60. The summed E-state index contributed by atoms with van der Waals surface area (Å²) in [7, 11) is -3.81. The van der Waals surface area contributed by atoms with Crippen molar-refractivity contribution in [3.8, 4) is 0 Å². The summed E-state index contributed by atoms with van der Waals surface area (Å²) in [4.78, 5) is 3.68. The molecule has 11 heteroatoms. The van der Waals surface area contributed by atoms with Crippen LogP contribution in [-0.2, 0) is 10.0 Å². The highest BCUT2D eigenvalue weighted by atomic mass is 32.2. The number of nitrogens with zero attached hydrogens (tertiary/aromatic N) is 2. The van der Waals surface area contributed by atoms with Gasteiger partial charge in [-0.1, -0.05) is 37.2 Å². The van der Waals surface area contributed by atoms with Crippen LogP contribution in [0.5, 0.6) is 0 Å². The molecule has 0 unspecified atom stereocenters. The first-order chi connectivity index (χ1) is 11.9. The van der Waals surface area contributed by atoms with E-state index in [2.05, 4.69) is 19.4 Å². The minimum atomic E-state index is -4.93. The summed E-state index contributed by atoms with van der Waals surface area (Å²) in [6.07, 6.45) is -7.82. The molecule has 1 aliphatic rings. The van der Waals surface area contributed by atoms with Gasteiger partial charge < -0.3 is 9.63 Å². The molecule has 1 aromatic heterocycles. The smallest absolute Gasteiger partial charge is 0.376 e. The molecule has 0 spiro atoms. The molecule has 0 bridgehead atoms. The van der Waals surface area contributed by atoms with E-state index >= 15 is 0 Å². The first-order valence-corrected chi connectivity index (χ1v) is 9.08. The van der Waals surface area contributed by atoms with Gasteiger partial charge in [0, 0.05) is 12.0 Å². The Hall–Kier alpha value is -1.98. The van der Waals surface area contributed by atoms with E-state index in [-0.39, 0.29) is 10.7 Å². The number of sulfonamides is 1. The summed E-state index contributed by atoms with van der Waals surface area (Å²) in [5, 5.41) is 12.7. The number of hydrogen-bond donors (Lipinski definition) is 2. The topological polar surface area (TPSA) is 105 Å². The lowest BCUT2D eigenvalue weighted by Crippen LogP contribution is -2.29. The maximum atomic E-state index is 12.5. The van der Waals surface area contributed by atoms with Gasteiger partial charge in [0.15, 0.2) is 5.82 Å². The zero-order valence-corrected chi connectivity index (χ0v) is 14.5. The molecule has 3 atom stereocenters. The van der Waals surface area contributed by atoms with E-state index in [9.17, 15) is 26.7 Å². The van der Waals surface area contributed by atoms with Crippen molar-refractivity contribution >= 4 is 10.0 Å². The number of rotatable bonds is 5. The Kier molecular flexibility index (Phi) is 4.36. The fourth-order valence-electron chi connectivity index (χ4n) is 2.80. The van der Waals surface area contributed by atoms with E-state index in [0.29, 0.717) is 0 Å². The maximum Gasteiger partial charge on any atom is 0.423 e. The van der Waals surface area contributed by atoms with Crippen LogP contribution in [0.4, 0.5) is 13.2 Å². The van der Waals surface area contributed by atoms with Crippen LogP contribution in [0.3, 0.4) is 0 Å². The third kappa shape index (κ3) is 3.33. The molecule has 0 aliphatic heterocycles. The molecule has 1 saturated carbocycles. The number of benzene rings is 1. The molecule has 3 rings (SSSR count). The molecule has 0 amide bonds. The van der Waals surface area contributed by atoms with Crippen molar-refractivity contribution in [2.75, 3.05) is 0 Å². The van der Waals surface area contributed by atoms with Gasteiger partial charge in [-0.3, -0.25) is 0 Å². The number of alkyl halides is 3. The maximum absolute atomic E-state index is 12.5. The predicted octanol–water partition coefficient (Wildman–Crippen LogP) is 2.14. The Morgan fingerprint density at radius 1 is 1.27 bits per heavy atom. The fourth-order valence-corrected chi connectivity index (χ4v) is 4.22. The monoisotopic (exact) mass is 391 g/mol. The summed E-state index contributed by atoms with van der Waals surface area (Å²) in [5.41, 5.74) is -0.633. The van der Waals surface area contributed by atoms with Gasteiger partial charge in [-0.2, -0.15) is 18.2 Å².